The number of nitrogens with one attached hydrogen (secondary N) is 1. The fourth-order valence-corrected chi connectivity index (χ4v) is 2.50. The first-order valence-electron chi connectivity index (χ1n) is 9.05. The topological polar surface area (TPSA) is 54.0 Å². The SMILES string of the molecule is CCCCNCc1ccc(OC)c(OCC(O)CN(CC)CC)c1. The molecule has 1 aromatic rings. The number of benzene rings is 1. The summed E-state index contributed by atoms with van der Waals surface area (Å²) in [5.41, 5.74) is 1.15. The minimum absolute atomic E-state index is 0.263. The van der Waals surface area contributed by atoms with Gasteiger partial charge < -0.3 is 24.8 Å². The Morgan fingerprint density at radius 3 is 2.54 bits per heavy atom. The molecule has 1 rings (SSSR count). The largest absolute Gasteiger partial charge is 0.493 e. The van der Waals surface area contributed by atoms with Gasteiger partial charge in [-0.1, -0.05) is 33.3 Å². The van der Waals surface area contributed by atoms with E-state index in [9.17, 15) is 5.11 Å². The first-order valence-corrected chi connectivity index (χ1v) is 9.05. The molecule has 138 valence electrons. The van der Waals surface area contributed by atoms with Gasteiger partial charge in [0.1, 0.15) is 12.7 Å². The molecule has 2 N–H and O–H groups in total. The smallest absolute Gasteiger partial charge is 0.161 e. The molecule has 0 aromatic heterocycles. The zero-order valence-electron chi connectivity index (χ0n) is 15.7. The third-order valence-corrected chi connectivity index (χ3v) is 4.06. The van der Waals surface area contributed by atoms with E-state index in [1.807, 2.05) is 18.2 Å². The Kier molecular flexibility index (Phi) is 10.5. The van der Waals surface area contributed by atoms with Gasteiger partial charge in [-0.05, 0) is 43.8 Å². The van der Waals surface area contributed by atoms with Crippen molar-refractivity contribution in [3.8, 4) is 11.5 Å². The molecule has 5 nitrogen and oxygen atoms in total. The van der Waals surface area contributed by atoms with Crippen LogP contribution in [0.5, 0.6) is 11.5 Å². The number of hydrogen-bond donors (Lipinski definition) is 2. The minimum atomic E-state index is -0.513. The Labute approximate surface area is 147 Å². The van der Waals surface area contributed by atoms with E-state index >= 15 is 0 Å². The molecule has 5 heteroatoms. The molecule has 0 heterocycles. The zero-order chi connectivity index (χ0) is 17.8. The van der Waals surface area contributed by atoms with E-state index < -0.39 is 6.10 Å². The Morgan fingerprint density at radius 1 is 1.17 bits per heavy atom. The summed E-state index contributed by atoms with van der Waals surface area (Å²) in [6, 6.07) is 5.95. The van der Waals surface area contributed by atoms with Crippen LogP contribution in [0.1, 0.15) is 39.2 Å². The summed E-state index contributed by atoms with van der Waals surface area (Å²) in [6.07, 6.45) is 1.85. The molecule has 0 radical (unpaired) electrons. The highest BCUT2D eigenvalue weighted by Gasteiger charge is 2.12. The number of methoxy groups -OCH3 is 1. The highest BCUT2D eigenvalue weighted by molar-refractivity contribution is 5.43. The van der Waals surface area contributed by atoms with Crippen molar-refractivity contribution in [1.29, 1.82) is 0 Å². The Hall–Kier alpha value is -1.30. The van der Waals surface area contributed by atoms with Crippen molar-refractivity contribution in [3.63, 3.8) is 0 Å². The van der Waals surface area contributed by atoms with Crippen molar-refractivity contribution in [3.05, 3.63) is 23.8 Å². The van der Waals surface area contributed by atoms with Crippen LogP contribution in [-0.4, -0.2) is 56.0 Å². The predicted molar refractivity (Wildman–Crippen MR) is 98.9 cm³/mol. The van der Waals surface area contributed by atoms with E-state index in [1.54, 1.807) is 7.11 Å². The van der Waals surface area contributed by atoms with Gasteiger partial charge in [-0.15, -0.1) is 0 Å². The first-order chi connectivity index (χ1) is 11.6. The maximum absolute atomic E-state index is 10.2. The van der Waals surface area contributed by atoms with E-state index in [1.165, 1.54) is 12.8 Å². The molecule has 0 aliphatic carbocycles. The van der Waals surface area contributed by atoms with Crippen molar-refractivity contribution in [2.24, 2.45) is 0 Å². The van der Waals surface area contributed by atoms with Gasteiger partial charge in [-0.2, -0.15) is 0 Å². The van der Waals surface area contributed by atoms with Gasteiger partial charge in [0, 0.05) is 13.1 Å². The fourth-order valence-electron chi connectivity index (χ4n) is 2.50. The summed E-state index contributed by atoms with van der Waals surface area (Å²) in [4.78, 5) is 2.18. The van der Waals surface area contributed by atoms with E-state index in [0.717, 1.165) is 31.7 Å². The Bertz CT molecular complexity index is 450. The summed E-state index contributed by atoms with van der Waals surface area (Å²) in [5.74, 6) is 1.38. The summed E-state index contributed by atoms with van der Waals surface area (Å²) in [6.45, 7) is 10.9. The third-order valence-electron chi connectivity index (χ3n) is 4.06. The molecule has 1 atom stereocenters. The van der Waals surface area contributed by atoms with Crippen LogP contribution in [0.4, 0.5) is 0 Å². The summed E-state index contributed by atoms with van der Waals surface area (Å²) in [7, 11) is 1.63. The third kappa shape index (κ3) is 7.51. The molecule has 0 saturated carbocycles. The van der Waals surface area contributed by atoms with Gasteiger partial charge in [0.05, 0.1) is 7.11 Å². The number of hydrogen-bond acceptors (Lipinski definition) is 5. The Morgan fingerprint density at radius 2 is 1.92 bits per heavy atom. The zero-order valence-corrected chi connectivity index (χ0v) is 15.7. The fraction of sp³-hybridized carbons (Fsp3) is 0.684. The molecule has 0 bridgehead atoms. The van der Waals surface area contributed by atoms with Crippen LogP contribution < -0.4 is 14.8 Å². The highest BCUT2D eigenvalue weighted by Crippen LogP contribution is 2.28. The second kappa shape index (κ2) is 12.1. The minimum Gasteiger partial charge on any atom is -0.493 e. The lowest BCUT2D eigenvalue weighted by atomic mass is 10.2. The van der Waals surface area contributed by atoms with Crippen LogP contribution in [-0.2, 0) is 6.54 Å². The van der Waals surface area contributed by atoms with Crippen molar-refractivity contribution < 1.29 is 14.6 Å². The van der Waals surface area contributed by atoms with Crippen LogP contribution >= 0.6 is 0 Å². The number of aliphatic hydroxyl groups is 1. The lowest BCUT2D eigenvalue weighted by molar-refractivity contribution is 0.0705. The van der Waals surface area contributed by atoms with Gasteiger partial charge in [0.15, 0.2) is 11.5 Å². The Balaban J connectivity index is 2.57. The van der Waals surface area contributed by atoms with Gasteiger partial charge >= 0.3 is 0 Å². The van der Waals surface area contributed by atoms with E-state index in [-0.39, 0.29) is 6.61 Å². The molecule has 1 aromatic carbocycles. The second-order valence-electron chi connectivity index (χ2n) is 5.97. The lowest BCUT2D eigenvalue weighted by Crippen LogP contribution is -2.35. The van der Waals surface area contributed by atoms with Crippen LogP contribution in [0.25, 0.3) is 0 Å². The molecular formula is C19H34N2O3. The molecule has 24 heavy (non-hydrogen) atoms. The predicted octanol–water partition coefficient (Wildman–Crippen LogP) is 2.67. The first kappa shape index (κ1) is 20.7. The summed E-state index contributed by atoms with van der Waals surface area (Å²) >= 11 is 0. The number of likely N-dealkylation sites (N-methyl/N-ethyl adjacent to an activating group) is 1. The molecule has 0 aliphatic heterocycles. The van der Waals surface area contributed by atoms with E-state index in [0.29, 0.717) is 18.0 Å². The molecule has 0 fully saturated rings. The normalized spacial score (nSPS) is 12.4. The van der Waals surface area contributed by atoms with Crippen LogP contribution in [0.3, 0.4) is 0 Å². The average molecular weight is 338 g/mol. The van der Waals surface area contributed by atoms with Crippen LogP contribution in [0.2, 0.25) is 0 Å². The number of aliphatic hydroxyl groups excluding tert-OH is 1. The standard InChI is InChI=1S/C19H34N2O3/c1-5-8-11-20-13-16-9-10-18(23-4)19(12-16)24-15-17(22)14-21(6-2)7-3/h9-10,12,17,20,22H,5-8,11,13-15H2,1-4H3. The summed E-state index contributed by atoms with van der Waals surface area (Å²) in [5, 5.41) is 13.6. The summed E-state index contributed by atoms with van der Waals surface area (Å²) < 4.78 is 11.2. The van der Waals surface area contributed by atoms with Gasteiger partial charge in [-0.25, -0.2) is 0 Å². The average Bonchev–Trinajstić information content (AvgIpc) is 2.61. The molecule has 0 spiro atoms. The van der Waals surface area contributed by atoms with Gasteiger partial charge in [0.25, 0.3) is 0 Å². The number of nitrogens with zero attached hydrogens (tertiary/aromatic N) is 1. The monoisotopic (exact) mass is 338 g/mol. The molecule has 0 aliphatic rings. The maximum Gasteiger partial charge on any atom is 0.161 e. The number of ether oxygens (including phenoxy) is 2. The number of rotatable bonds is 13. The van der Waals surface area contributed by atoms with E-state index in [4.69, 9.17) is 9.47 Å². The molecule has 1 unspecified atom stereocenters. The number of unbranched alkanes of at least 4 members (excludes halogenated alkanes) is 1. The van der Waals surface area contributed by atoms with Crippen molar-refractivity contribution in [1.82, 2.24) is 10.2 Å². The molecular weight excluding hydrogens is 304 g/mol. The van der Waals surface area contributed by atoms with Crippen LogP contribution in [0.15, 0.2) is 18.2 Å². The van der Waals surface area contributed by atoms with Gasteiger partial charge in [0.2, 0.25) is 0 Å². The molecule has 0 amide bonds. The lowest BCUT2D eigenvalue weighted by Gasteiger charge is -2.22. The van der Waals surface area contributed by atoms with Crippen LogP contribution in [0, 0.1) is 0 Å². The molecule has 0 saturated heterocycles. The van der Waals surface area contributed by atoms with Crippen molar-refractivity contribution in [2.45, 2.75) is 46.3 Å². The highest BCUT2D eigenvalue weighted by atomic mass is 16.5. The van der Waals surface area contributed by atoms with Crippen molar-refractivity contribution in [2.75, 3.05) is 39.9 Å². The van der Waals surface area contributed by atoms with E-state index in [2.05, 4.69) is 31.0 Å². The maximum atomic E-state index is 10.2. The quantitative estimate of drug-likeness (QED) is 0.542. The van der Waals surface area contributed by atoms with Gasteiger partial charge in [-0.3, -0.25) is 0 Å². The second-order valence-corrected chi connectivity index (χ2v) is 5.97. The van der Waals surface area contributed by atoms with Crippen molar-refractivity contribution >= 4 is 0 Å².